The topological polar surface area (TPSA) is 17.0 Å². The molecular formula is C17H24N2. The SMILES string of the molecule is Cc1cccc2c1cc(CNC1CCC1)n2C(C)C. The Kier molecular flexibility index (Phi) is 3.36. The van der Waals surface area contributed by atoms with Gasteiger partial charge in [0.1, 0.15) is 0 Å². The van der Waals surface area contributed by atoms with E-state index in [1.807, 2.05) is 0 Å². The molecule has 1 heterocycles. The monoisotopic (exact) mass is 256 g/mol. The molecule has 0 radical (unpaired) electrons. The van der Waals surface area contributed by atoms with Gasteiger partial charge in [-0.05, 0) is 51.3 Å². The zero-order chi connectivity index (χ0) is 13.4. The quantitative estimate of drug-likeness (QED) is 0.868. The first-order valence-corrected chi connectivity index (χ1v) is 7.49. The number of hydrogen-bond acceptors (Lipinski definition) is 1. The van der Waals surface area contributed by atoms with Crippen molar-refractivity contribution in [3.63, 3.8) is 0 Å². The number of benzene rings is 1. The summed E-state index contributed by atoms with van der Waals surface area (Å²) in [5.74, 6) is 0. The zero-order valence-electron chi connectivity index (χ0n) is 12.2. The summed E-state index contributed by atoms with van der Waals surface area (Å²) in [7, 11) is 0. The molecule has 1 fully saturated rings. The average molecular weight is 256 g/mol. The molecule has 19 heavy (non-hydrogen) atoms. The zero-order valence-corrected chi connectivity index (χ0v) is 12.2. The Morgan fingerprint density at radius 2 is 2.11 bits per heavy atom. The van der Waals surface area contributed by atoms with Crippen LogP contribution in [0.3, 0.4) is 0 Å². The van der Waals surface area contributed by atoms with E-state index in [0.717, 1.165) is 12.6 Å². The molecule has 0 unspecified atom stereocenters. The number of nitrogens with one attached hydrogen (secondary N) is 1. The molecule has 1 N–H and O–H groups in total. The Bertz CT molecular complexity index is 576. The van der Waals surface area contributed by atoms with Gasteiger partial charge in [0.15, 0.2) is 0 Å². The molecule has 0 bridgehead atoms. The highest BCUT2D eigenvalue weighted by molar-refractivity contribution is 5.84. The number of aromatic nitrogens is 1. The third kappa shape index (κ3) is 2.30. The lowest BCUT2D eigenvalue weighted by molar-refractivity contribution is 0.334. The number of nitrogens with zero attached hydrogens (tertiary/aromatic N) is 1. The predicted octanol–water partition coefficient (Wildman–Crippen LogP) is 4.17. The molecule has 1 saturated carbocycles. The summed E-state index contributed by atoms with van der Waals surface area (Å²) in [6.07, 6.45) is 4.09. The van der Waals surface area contributed by atoms with Gasteiger partial charge in [0.05, 0.1) is 0 Å². The molecular weight excluding hydrogens is 232 g/mol. The van der Waals surface area contributed by atoms with Gasteiger partial charge in [-0.25, -0.2) is 0 Å². The summed E-state index contributed by atoms with van der Waals surface area (Å²) in [6.45, 7) is 7.75. The van der Waals surface area contributed by atoms with E-state index in [0.29, 0.717) is 6.04 Å². The maximum Gasteiger partial charge on any atom is 0.0488 e. The molecule has 2 heteroatoms. The van der Waals surface area contributed by atoms with Crippen molar-refractivity contribution in [2.75, 3.05) is 0 Å². The van der Waals surface area contributed by atoms with Crippen molar-refractivity contribution < 1.29 is 0 Å². The van der Waals surface area contributed by atoms with E-state index in [9.17, 15) is 0 Å². The molecule has 1 aliphatic carbocycles. The molecule has 0 amide bonds. The summed E-state index contributed by atoms with van der Waals surface area (Å²) in [5.41, 5.74) is 4.17. The van der Waals surface area contributed by atoms with Gasteiger partial charge in [0, 0.05) is 35.2 Å². The van der Waals surface area contributed by atoms with Crippen LogP contribution in [0.5, 0.6) is 0 Å². The van der Waals surface area contributed by atoms with E-state index in [2.05, 4.69) is 54.9 Å². The number of aryl methyl sites for hydroxylation is 1. The maximum atomic E-state index is 3.69. The van der Waals surface area contributed by atoms with Crippen molar-refractivity contribution >= 4 is 10.9 Å². The minimum Gasteiger partial charge on any atom is -0.341 e. The Morgan fingerprint density at radius 1 is 1.32 bits per heavy atom. The molecule has 102 valence electrons. The van der Waals surface area contributed by atoms with Gasteiger partial charge >= 0.3 is 0 Å². The summed E-state index contributed by atoms with van der Waals surface area (Å²) < 4.78 is 2.48. The fourth-order valence-electron chi connectivity index (χ4n) is 3.06. The fourth-order valence-corrected chi connectivity index (χ4v) is 3.06. The second-order valence-electron chi connectivity index (χ2n) is 6.12. The summed E-state index contributed by atoms with van der Waals surface area (Å²) in [4.78, 5) is 0. The number of hydrogen-bond donors (Lipinski definition) is 1. The first-order valence-electron chi connectivity index (χ1n) is 7.49. The minimum absolute atomic E-state index is 0.512. The molecule has 2 aromatic rings. The Labute approximate surface area is 115 Å². The Balaban J connectivity index is 1.96. The molecule has 0 saturated heterocycles. The lowest BCUT2D eigenvalue weighted by atomic mass is 9.93. The van der Waals surface area contributed by atoms with Crippen molar-refractivity contribution in [3.05, 3.63) is 35.5 Å². The highest BCUT2D eigenvalue weighted by atomic mass is 15.0. The molecule has 1 aromatic heterocycles. The van der Waals surface area contributed by atoms with Gasteiger partial charge in [-0.3, -0.25) is 0 Å². The van der Waals surface area contributed by atoms with E-state index in [1.54, 1.807) is 0 Å². The van der Waals surface area contributed by atoms with Crippen molar-refractivity contribution in [1.82, 2.24) is 9.88 Å². The van der Waals surface area contributed by atoms with Crippen LogP contribution in [-0.4, -0.2) is 10.6 Å². The van der Waals surface area contributed by atoms with Crippen LogP contribution in [0.1, 0.15) is 50.4 Å². The molecule has 0 aliphatic heterocycles. The van der Waals surface area contributed by atoms with Crippen LogP contribution >= 0.6 is 0 Å². The van der Waals surface area contributed by atoms with Gasteiger partial charge in [0.2, 0.25) is 0 Å². The van der Waals surface area contributed by atoms with Gasteiger partial charge in [-0.2, -0.15) is 0 Å². The second-order valence-corrected chi connectivity index (χ2v) is 6.12. The van der Waals surface area contributed by atoms with Crippen LogP contribution in [-0.2, 0) is 6.54 Å². The van der Waals surface area contributed by atoms with Crippen LogP contribution in [0.4, 0.5) is 0 Å². The second kappa shape index (κ2) is 5.01. The molecule has 0 spiro atoms. The van der Waals surface area contributed by atoms with Crippen molar-refractivity contribution in [1.29, 1.82) is 0 Å². The van der Waals surface area contributed by atoms with E-state index >= 15 is 0 Å². The van der Waals surface area contributed by atoms with Gasteiger partial charge < -0.3 is 9.88 Å². The van der Waals surface area contributed by atoms with Crippen LogP contribution in [0.2, 0.25) is 0 Å². The third-order valence-corrected chi connectivity index (χ3v) is 4.37. The van der Waals surface area contributed by atoms with Crippen LogP contribution < -0.4 is 5.32 Å². The Morgan fingerprint density at radius 3 is 2.74 bits per heavy atom. The average Bonchev–Trinajstić information content (AvgIpc) is 2.67. The van der Waals surface area contributed by atoms with E-state index < -0.39 is 0 Å². The molecule has 1 aromatic carbocycles. The summed E-state index contributed by atoms with van der Waals surface area (Å²) in [5, 5.41) is 5.09. The van der Waals surface area contributed by atoms with Gasteiger partial charge in [0.25, 0.3) is 0 Å². The maximum absolute atomic E-state index is 3.69. The lowest BCUT2D eigenvalue weighted by Crippen LogP contribution is -2.35. The largest absolute Gasteiger partial charge is 0.341 e. The van der Waals surface area contributed by atoms with Crippen LogP contribution in [0.25, 0.3) is 10.9 Å². The number of rotatable bonds is 4. The molecule has 1 aliphatic rings. The van der Waals surface area contributed by atoms with E-state index in [1.165, 1.54) is 41.4 Å². The van der Waals surface area contributed by atoms with E-state index in [-0.39, 0.29) is 0 Å². The van der Waals surface area contributed by atoms with E-state index in [4.69, 9.17) is 0 Å². The first kappa shape index (κ1) is 12.7. The smallest absolute Gasteiger partial charge is 0.0488 e. The standard InChI is InChI=1S/C17H24N2/c1-12(2)19-15(11-18-14-7-5-8-14)10-16-13(3)6-4-9-17(16)19/h4,6,9-10,12,14,18H,5,7-8,11H2,1-3H3. The van der Waals surface area contributed by atoms with Crippen molar-refractivity contribution in [3.8, 4) is 0 Å². The molecule has 2 nitrogen and oxygen atoms in total. The highest BCUT2D eigenvalue weighted by Gasteiger charge is 2.18. The van der Waals surface area contributed by atoms with Crippen molar-refractivity contribution in [2.45, 2.75) is 58.7 Å². The summed E-state index contributed by atoms with van der Waals surface area (Å²) >= 11 is 0. The minimum atomic E-state index is 0.512. The normalized spacial score (nSPS) is 16.2. The fraction of sp³-hybridized carbons (Fsp3) is 0.529. The Hall–Kier alpha value is -1.28. The molecule has 0 atom stereocenters. The molecule has 3 rings (SSSR count). The van der Waals surface area contributed by atoms with Crippen molar-refractivity contribution in [2.24, 2.45) is 0 Å². The summed E-state index contributed by atoms with van der Waals surface area (Å²) in [6, 6.07) is 10.2. The van der Waals surface area contributed by atoms with Crippen LogP contribution in [0, 0.1) is 6.92 Å². The first-order chi connectivity index (χ1) is 9.16. The highest BCUT2D eigenvalue weighted by Crippen LogP contribution is 2.27. The third-order valence-electron chi connectivity index (χ3n) is 4.37. The van der Waals surface area contributed by atoms with Gasteiger partial charge in [-0.15, -0.1) is 0 Å². The number of fused-ring (bicyclic) bond motifs is 1. The predicted molar refractivity (Wildman–Crippen MR) is 81.5 cm³/mol. The van der Waals surface area contributed by atoms with Crippen LogP contribution in [0.15, 0.2) is 24.3 Å². The lowest BCUT2D eigenvalue weighted by Gasteiger charge is -2.27. The van der Waals surface area contributed by atoms with Gasteiger partial charge in [-0.1, -0.05) is 18.6 Å².